The second-order valence-corrected chi connectivity index (χ2v) is 8.05. The van der Waals surface area contributed by atoms with Crippen LogP contribution in [0.5, 0.6) is 5.75 Å². The number of anilines is 2. The lowest BCUT2D eigenvalue weighted by Gasteiger charge is -2.27. The molecule has 3 N–H and O–H groups in total. The molecule has 7 nitrogen and oxygen atoms in total. The van der Waals surface area contributed by atoms with Crippen molar-refractivity contribution in [3.05, 3.63) is 64.1 Å². The van der Waals surface area contributed by atoms with E-state index in [1.807, 2.05) is 37.3 Å². The summed E-state index contributed by atoms with van der Waals surface area (Å²) in [5.41, 5.74) is 8.88. The number of nitrogens with one attached hydrogen (secondary N) is 1. The molecule has 0 aliphatic carbocycles. The number of aromatic nitrogens is 1. The molecule has 0 saturated heterocycles. The minimum absolute atomic E-state index is 0.268. The first-order valence-electron chi connectivity index (χ1n) is 9.62. The summed E-state index contributed by atoms with van der Waals surface area (Å²) >= 11 is 1.41. The van der Waals surface area contributed by atoms with E-state index in [0.717, 1.165) is 35.1 Å². The minimum atomic E-state index is -0.268. The first-order chi connectivity index (χ1) is 14.5. The lowest BCUT2D eigenvalue weighted by Crippen LogP contribution is -2.33. The van der Waals surface area contributed by atoms with Crippen molar-refractivity contribution in [3.8, 4) is 5.75 Å². The number of aliphatic imine (C=N–C) groups is 1. The number of hydrogen-bond acceptors (Lipinski definition) is 6. The molecule has 1 aromatic heterocycles. The molecule has 0 saturated carbocycles. The number of benzene rings is 2. The molecule has 1 amide bonds. The van der Waals surface area contributed by atoms with Crippen LogP contribution in [0.4, 0.5) is 17.1 Å². The number of nitrogens with zero attached hydrogens (tertiary/aromatic N) is 3. The lowest BCUT2D eigenvalue weighted by atomic mass is 10.2. The van der Waals surface area contributed by atoms with Gasteiger partial charge in [0.15, 0.2) is 5.01 Å². The molecule has 1 aliphatic rings. The third-order valence-electron chi connectivity index (χ3n) is 4.94. The van der Waals surface area contributed by atoms with E-state index in [2.05, 4.69) is 15.2 Å². The Morgan fingerprint density at radius 3 is 2.83 bits per heavy atom. The van der Waals surface area contributed by atoms with Crippen molar-refractivity contribution in [3.63, 3.8) is 0 Å². The highest BCUT2D eigenvalue weighted by molar-refractivity contribution is 7.13. The molecule has 30 heavy (non-hydrogen) atoms. The van der Waals surface area contributed by atoms with Gasteiger partial charge < -0.3 is 20.7 Å². The first kappa shape index (κ1) is 19.9. The second-order valence-electron chi connectivity index (χ2n) is 6.96. The van der Waals surface area contributed by atoms with Gasteiger partial charge in [0.2, 0.25) is 0 Å². The van der Waals surface area contributed by atoms with Crippen molar-refractivity contribution >= 4 is 40.1 Å². The highest BCUT2D eigenvalue weighted by Crippen LogP contribution is 2.28. The van der Waals surface area contributed by atoms with Crippen molar-refractivity contribution in [1.82, 2.24) is 9.88 Å². The molecule has 4 rings (SSSR count). The van der Waals surface area contributed by atoms with Crippen molar-refractivity contribution in [2.24, 2.45) is 4.99 Å². The second kappa shape index (κ2) is 8.54. The van der Waals surface area contributed by atoms with Gasteiger partial charge in [0.1, 0.15) is 11.6 Å². The van der Waals surface area contributed by atoms with Gasteiger partial charge in [-0.15, -0.1) is 11.3 Å². The zero-order valence-corrected chi connectivity index (χ0v) is 17.7. The van der Waals surface area contributed by atoms with Crippen LogP contribution in [0.25, 0.3) is 0 Å². The number of thiazole rings is 1. The molecule has 3 aromatic rings. The number of amides is 1. The van der Waals surface area contributed by atoms with Crippen LogP contribution in [0.2, 0.25) is 0 Å². The monoisotopic (exact) mass is 421 g/mol. The number of carbonyl (C=O) groups excluding carboxylic acids is 1. The number of hydrogen-bond donors (Lipinski definition) is 2. The fourth-order valence-electron chi connectivity index (χ4n) is 3.28. The summed E-state index contributed by atoms with van der Waals surface area (Å²) in [6.07, 6.45) is 0.780. The average molecular weight is 422 g/mol. The molecule has 8 heteroatoms. The summed E-state index contributed by atoms with van der Waals surface area (Å²) in [5.74, 6) is 1.31. The smallest absolute Gasteiger partial charge is 0.284 e. The third kappa shape index (κ3) is 4.28. The minimum Gasteiger partial charge on any atom is -0.497 e. The summed E-state index contributed by atoms with van der Waals surface area (Å²) in [6, 6.07) is 15.1. The van der Waals surface area contributed by atoms with E-state index in [1.165, 1.54) is 11.3 Å². The van der Waals surface area contributed by atoms with Gasteiger partial charge in [0.05, 0.1) is 36.4 Å². The summed E-state index contributed by atoms with van der Waals surface area (Å²) in [4.78, 5) is 25.3. The number of rotatable bonds is 4. The molecule has 0 spiro atoms. The lowest BCUT2D eigenvalue weighted by molar-refractivity contribution is 0.102. The Morgan fingerprint density at radius 2 is 2.07 bits per heavy atom. The normalized spacial score (nSPS) is 13.7. The molecular formula is C22H23N5O2S. The summed E-state index contributed by atoms with van der Waals surface area (Å²) in [5, 5.41) is 3.28. The maximum Gasteiger partial charge on any atom is 0.284 e. The van der Waals surface area contributed by atoms with Crippen LogP contribution in [-0.2, 0) is 13.0 Å². The molecule has 0 radical (unpaired) electrons. The van der Waals surface area contributed by atoms with E-state index in [4.69, 9.17) is 15.5 Å². The predicted octanol–water partition coefficient (Wildman–Crippen LogP) is 4.09. The van der Waals surface area contributed by atoms with Gasteiger partial charge in [-0.1, -0.05) is 18.2 Å². The molecule has 2 aromatic carbocycles. The molecule has 2 heterocycles. The van der Waals surface area contributed by atoms with Crippen molar-refractivity contribution in [2.45, 2.75) is 19.9 Å². The van der Waals surface area contributed by atoms with E-state index >= 15 is 0 Å². The van der Waals surface area contributed by atoms with Crippen molar-refractivity contribution < 1.29 is 9.53 Å². The fraction of sp³-hybridized carbons (Fsp3) is 0.227. The number of fused-ring (bicyclic) bond motifs is 1. The number of para-hydroxylation sites is 1. The number of methoxy groups -OCH3 is 1. The van der Waals surface area contributed by atoms with Gasteiger partial charge in [-0.25, -0.2) is 9.98 Å². The van der Waals surface area contributed by atoms with Crippen LogP contribution in [0.3, 0.4) is 0 Å². The Labute approximate surface area is 179 Å². The van der Waals surface area contributed by atoms with Crippen molar-refractivity contribution in [1.29, 1.82) is 0 Å². The van der Waals surface area contributed by atoms with Crippen LogP contribution in [0.1, 0.15) is 27.3 Å². The largest absolute Gasteiger partial charge is 0.497 e. The zero-order chi connectivity index (χ0) is 21.1. The average Bonchev–Trinajstić information content (AvgIpc) is 3.19. The number of ether oxygens (including phenoxy) is 1. The Hall–Kier alpha value is -3.39. The first-order valence-corrected chi connectivity index (χ1v) is 10.4. The SMILES string of the molecule is COc1ccc(N)c(NC(=O)c2nc3c(s2)CN(/C(C)=N/c2ccccc2)CC3)c1. The molecular weight excluding hydrogens is 398 g/mol. The molecule has 0 atom stereocenters. The van der Waals surface area contributed by atoms with Crippen LogP contribution < -0.4 is 15.8 Å². The zero-order valence-electron chi connectivity index (χ0n) is 16.9. The maximum absolute atomic E-state index is 12.7. The Morgan fingerprint density at radius 1 is 1.27 bits per heavy atom. The summed E-state index contributed by atoms with van der Waals surface area (Å²) in [7, 11) is 1.57. The summed E-state index contributed by atoms with van der Waals surface area (Å²) in [6.45, 7) is 3.53. The molecule has 154 valence electrons. The van der Waals surface area contributed by atoms with Crippen LogP contribution in [-0.4, -0.2) is 35.3 Å². The van der Waals surface area contributed by atoms with Gasteiger partial charge in [0, 0.05) is 23.9 Å². The highest BCUT2D eigenvalue weighted by Gasteiger charge is 2.24. The summed E-state index contributed by atoms with van der Waals surface area (Å²) < 4.78 is 5.20. The Balaban J connectivity index is 1.48. The number of carbonyl (C=O) groups is 1. The van der Waals surface area contributed by atoms with E-state index in [9.17, 15) is 4.79 Å². The van der Waals surface area contributed by atoms with Gasteiger partial charge in [0.25, 0.3) is 5.91 Å². The standard InChI is InChI=1S/C22H23N5O2S/c1-14(24-15-6-4-3-5-7-15)27-11-10-18-20(13-27)30-22(26-18)21(28)25-19-12-16(29-2)8-9-17(19)23/h3-9,12H,10-11,13,23H2,1-2H3,(H,25,28)/b24-14+. The molecule has 0 bridgehead atoms. The number of nitrogen functional groups attached to an aromatic ring is 1. The van der Waals surface area contributed by atoms with Crippen LogP contribution >= 0.6 is 11.3 Å². The molecule has 1 aliphatic heterocycles. The van der Waals surface area contributed by atoms with Gasteiger partial charge >= 0.3 is 0 Å². The van der Waals surface area contributed by atoms with Crippen LogP contribution in [0.15, 0.2) is 53.5 Å². The molecule has 0 fully saturated rings. The molecule has 0 unspecified atom stereocenters. The Kier molecular flexibility index (Phi) is 5.67. The third-order valence-corrected chi connectivity index (χ3v) is 6.02. The van der Waals surface area contributed by atoms with E-state index in [1.54, 1.807) is 25.3 Å². The number of nitrogens with two attached hydrogens (primary N) is 1. The fourth-order valence-corrected chi connectivity index (χ4v) is 4.29. The Bertz CT molecular complexity index is 1090. The maximum atomic E-state index is 12.7. The van der Waals surface area contributed by atoms with Gasteiger partial charge in [-0.2, -0.15) is 0 Å². The topological polar surface area (TPSA) is 92.8 Å². The van der Waals surface area contributed by atoms with Gasteiger partial charge in [-0.3, -0.25) is 4.79 Å². The van der Waals surface area contributed by atoms with E-state index < -0.39 is 0 Å². The number of amidine groups is 1. The highest BCUT2D eigenvalue weighted by atomic mass is 32.1. The van der Waals surface area contributed by atoms with Crippen LogP contribution in [0, 0.1) is 0 Å². The van der Waals surface area contributed by atoms with E-state index in [-0.39, 0.29) is 5.91 Å². The van der Waals surface area contributed by atoms with Crippen molar-refractivity contribution in [2.75, 3.05) is 24.7 Å². The quantitative estimate of drug-likeness (QED) is 0.376. The predicted molar refractivity (Wildman–Crippen MR) is 121 cm³/mol. The van der Waals surface area contributed by atoms with Gasteiger partial charge in [-0.05, 0) is 31.2 Å². The van der Waals surface area contributed by atoms with E-state index in [0.29, 0.717) is 28.7 Å².